The Hall–Kier alpha value is -0.730. The molecule has 0 saturated heterocycles. The summed E-state index contributed by atoms with van der Waals surface area (Å²) < 4.78 is 5.56. The second-order valence-corrected chi connectivity index (χ2v) is 6.53. The number of halogens is 1. The summed E-state index contributed by atoms with van der Waals surface area (Å²) in [7, 11) is 1.74. The zero-order chi connectivity index (χ0) is 14.6. The lowest BCUT2D eigenvalue weighted by Crippen LogP contribution is -2.38. The average molecular weight is 296 g/mol. The molecule has 0 radical (unpaired) electrons. The fourth-order valence-corrected chi connectivity index (χ4v) is 3.70. The molecule has 20 heavy (non-hydrogen) atoms. The van der Waals surface area contributed by atoms with Crippen LogP contribution in [0.5, 0.6) is 5.75 Å². The van der Waals surface area contributed by atoms with Crippen LogP contribution in [0.4, 0.5) is 0 Å². The molecular formula is C17H26ClNO. The van der Waals surface area contributed by atoms with Crippen molar-refractivity contribution in [1.29, 1.82) is 0 Å². The van der Waals surface area contributed by atoms with Gasteiger partial charge in [0.1, 0.15) is 5.75 Å². The summed E-state index contributed by atoms with van der Waals surface area (Å²) in [5, 5.41) is 4.45. The molecule has 0 heterocycles. The van der Waals surface area contributed by atoms with Gasteiger partial charge in [0.2, 0.25) is 0 Å². The molecule has 1 aromatic carbocycles. The van der Waals surface area contributed by atoms with Crippen LogP contribution < -0.4 is 10.1 Å². The van der Waals surface area contributed by atoms with Crippen molar-refractivity contribution in [2.75, 3.05) is 13.7 Å². The van der Waals surface area contributed by atoms with Gasteiger partial charge in [-0.2, -0.15) is 0 Å². The smallest absolute Gasteiger partial charge is 0.123 e. The molecule has 1 aliphatic rings. The van der Waals surface area contributed by atoms with Crippen LogP contribution in [0, 0.1) is 5.41 Å². The van der Waals surface area contributed by atoms with Crippen molar-refractivity contribution in [3.8, 4) is 5.75 Å². The van der Waals surface area contributed by atoms with E-state index in [0.717, 1.165) is 17.3 Å². The molecule has 1 atom stereocenters. The van der Waals surface area contributed by atoms with Gasteiger partial charge in [-0.25, -0.2) is 0 Å². The number of nitrogens with one attached hydrogen (secondary N) is 1. The van der Waals surface area contributed by atoms with E-state index >= 15 is 0 Å². The van der Waals surface area contributed by atoms with Gasteiger partial charge in [0.05, 0.1) is 7.11 Å². The van der Waals surface area contributed by atoms with Crippen molar-refractivity contribution < 1.29 is 4.74 Å². The number of hydrogen-bond donors (Lipinski definition) is 1. The molecule has 1 N–H and O–H groups in total. The van der Waals surface area contributed by atoms with Gasteiger partial charge in [0.25, 0.3) is 0 Å². The van der Waals surface area contributed by atoms with Crippen LogP contribution in [0.25, 0.3) is 0 Å². The highest BCUT2D eigenvalue weighted by Gasteiger charge is 2.37. The summed E-state index contributed by atoms with van der Waals surface area (Å²) in [5.74, 6) is 0.937. The Labute approximate surface area is 127 Å². The van der Waals surface area contributed by atoms with Crippen LogP contribution in [0.3, 0.4) is 0 Å². The molecule has 0 aliphatic heterocycles. The predicted molar refractivity (Wildman–Crippen MR) is 85.6 cm³/mol. The van der Waals surface area contributed by atoms with Gasteiger partial charge in [-0.3, -0.25) is 0 Å². The Morgan fingerprint density at radius 2 is 2.00 bits per heavy atom. The first kappa shape index (κ1) is 15.7. The molecule has 0 amide bonds. The molecule has 1 fully saturated rings. The minimum Gasteiger partial charge on any atom is -0.496 e. The van der Waals surface area contributed by atoms with Crippen LogP contribution in [0.2, 0.25) is 5.02 Å². The van der Waals surface area contributed by atoms with Crippen molar-refractivity contribution in [3.63, 3.8) is 0 Å². The Balaban J connectivity index is 2.39. The van der Waals surface area contributed by atoms with Gasteiger partial charge < -0.3 is 10.1 Å². The molecule has 1 saturated carbocycles. The lowest BCUT2D eigenvalue weighted by atomic mass is 9.68. The van der Waals surface area contributed by atoms with E-state index in [2.05, 4.69) is 25.2 Å². The van der Waals surface area contributed by atoms with Gasteiger partial charge in [-0.15, -0.1) is 0 Å². The van der Waals surface area contributed by atoms with E-state index in [1.54, 1.807) is 7.11 Å². The Morgan fingerprint density at radius 3 is 2.60 bits per heavy atom. The largest absolute Gasteiger partial charge is 0.496 e. The van der Waals surface area contributed by atoms with Crippen molar-refractivity contribution in [1.82, 2.24) is 5.32 Å². The predicted octanol–water partition coefficient (Wildman–Crippen LogP) is 4.97. The van der Waals surface area contributed by atoms with Gasteiger partial charge in [-0.1, -0.05) is 44.7 Å². The second kappa shape index (κ2) is 6.82. The number of rotatable bonds is 5. The van der Waals surface area contributed by atoms with E-state index < -0.39 is 0 Å². The van der Waals surface area contributed by atoms with Crippen LogP contribution in [0.1, 0.15) is 57.6 Å². The number of methoxy groups -OCH3 is 1. The van der Waals surface area contributed by atoms with Crippen molar-refractivity contribution in [3.05, 3.63) is 28.8 Å². The standard InChI is InChI=1S/C17H26ClNO/c1-4-19-16(17(2)10-6-5-7-11-17)14-12-13(18)8-9-15(14)20-3/h8-9,12,16,19H,4-7,10-11H2,1-3H3. The minimum atomic E-state index is 0.284. The number of ether oxygens (including phenoxy) is 1. The highest BCUT2D eigenvalue weighted by molar-refractivity contribution is 6.30. The third kappa shape index (κ3) is 3.29. The second-order valence-electron chi connectivity index (χ2n) is 6.09. The lowest BCUT2D eigenvalue weighted by Gasteiger charge is -2.42. The molecule has 2 rings (SSSR count). The third-order valence-electron chi connectivity index (χ3n) is 4.60. The van der Waals surface area contributed by atoms with Gasteiger partial charge in [-0.05, 0) is 43.0 Å². The SMILES string of the molecule is CCNC(c1cc(Cl)ccc1OC)C1(C)CCCCC1. The Morgan fingerprint density at radius 1 is 1.30 bits per heavy atom. The molecule has 1 unspecified atom stereocenters. The summed E-state index contributed by atoms with van der Waals surface area (Å²) >= 11 is 6.22. The van der Waals surface area contributed by atoms with Crippen molar-refractivity contribution in [2.45, 2.75) is 52.0 Å². The maximum atomic E-state index is 6.22. The van der Waals surface area contributed by atoms with Crippen LogP contribution in [-0.2, 0) is 0 Å². The van der Waals surface area contributed by atoms with E-state index in [1.807, 2.05) is 12.1 Å². The summed E-state index contributed by atoms with van der Waals surface area (Å²) in [6.07, 6.45) is 6.53. The highest BCUT2D eigenvalue weighted by Crippen LogP contribution is 2.47. The van der Waals surface area contributed by atoms with E-state index in [4.69, 9.17) is 16.3 Å². The van der Waals surface area contributed by atoms with Gasteiger partial charge in [0.15, 0.2) is 0 Å². The molecule has 1 aromatic rings. The van der Waals surface area contributed by atoms with Gasteiger partial charge >= 0.3 is 0 Å². The zero-order valence-electron chi connectivity index (χ0n) is 12.8. The molecule has 1 aliphatic carbocycles. The third-order valence-corrected chi connectivity index (χ3v) is 4.84. The first-order valence-corrected chi connectivity index (χ1v) is 8.05. The average Bonchev–Trinajstić information content (AvgIpc) is 2.45. The molecule has 3 heteroatoms. The van der Waals surface area contributed by atoms with Gasteiger partial charge in [0, 0.05) is 16.6 Å². The fraction of sp³-hybridized carbons (Fsp3) is 0.647. The normalized spacial score (nSPS) is 19.6. The first-order valence-electron chi connectivity index (χ1n) is 7.67. The summed E-state index contributed by atoms with van der Waals surface area (Å²) in [6, 6.07) is 6.25. The number of hydrogen-bond acceptors (Lipinski definition) is 2. The summed E-state index contributed by atoms with van der Waals surface area (Å²) in [6.45, 7) is 5.52. The molecular weight excluding hydrogens is 270 g/mol. The quantitative estimate of drug-likeness (QED) is 0.828. The molecule has 2 nitrogen and oxygen atoms in total. The first-order chi connectivity index (χ1) is 9.60. The van der Waals surface area contributed by atoms with E-state index in [9.17, 15) is 0 Å². The molecule has 0 aromatic heterocycles. The van der Waals surface area contributed by atoms with Crippen molar-refractivity contribution in [2.24, 2.45) is 5.41 Å². The fourth-order valence-electron chi connectivity index (χ4n) is 3.51. The Kier molecular flexibility index (Phi) is 5.34. The summed E-state index contributed by atoms with van der Waals surface area (Å²) in [4.78, 5) is 0. The lowest BCUT2D eigenvalue weighted by molar-refractivity contribution is 0.144. The van der Waals surface area contributed by atoms with E-state index in [-0.39, 0.29) is 5.41 Å². The van der Waals surface area contributed by atoms with Crippen LogP contribution in [0.15, 0.2) is 18.2 Å². The van der Waals surface area contributed by atoms with Crippen LogP contribution in [-0.4, -0.2) is 13.7 Å². The highest BCUT2D eigenvalue weighted by atomic mass is 35.5. The monoisotopic (exact) mass is 295 g/mol. The topological polar surface area (TPSA) is 21.3 Å². The summed E-state index contributed by atoms with van der Waals surface area (Å²) in [5.41, 5.74) is 1.48. The van der Waals surface area contributed by atoms with E-state index in [1.165, 1.54) is 37.7 Å². The number of benzene rings is 1. The minimum absolute atomic E-state index is 0.284. The van der Waals surface area contributed by atoms with E-state index in [0.29, 0.717) is 6.04 Å². The molecule has 0 bridgehead atoms. The van der Waals surface area contributed by atoms with Crippen LogP contribution >= 0.6 is 11.6 Å². The Bertz CT molecular complexity index is 441. The maximum absolute atomic E-state index is 6.22. The molecule has 112 valence electrons. The zero-order valence-corrected chi connectivity index (χ0v) is 13.6. The molecule has 0 spiro atoms. The maximum Gasteiger partial charge on any atom is 0.123 e. The van der Waals surface area contributed by atoms with Crippen molar-refractivity contribution >= 4 is 11.6 Å².